The Bertz CT molecular complexity index is 291. The zero-order valence-electron chi connectivity index (χ0n) is 12.6. The summed E-state index contributed by atoms with van der Waals surface area (Å²) in [6.07, 6.45) is 12.1. The van der Waals surface area contributed by atoms with E-state index >= 15 is 0 Å². The van der Waals surface area contributed by atoms with E-state index < -0.39 is 0 Å². The molecule has 110 valence electrons. The van der Waals surface area contributed by atoms with Crippen LogP contribution in [0.4, 0.5) is 0 Å². The highest BCUT2D eigenvalue weighted by Gasteiger charge is 2.36. The maximum atomic E-state index is 10.3. The van der Waals surface area contributed by atoms with Crippen LogP contribution in [0.15, 0.2) is 0 Å². The van der Waals surface area contributed by atoms with Gasteiger partial charge < -0.3 is 5.11 Å². The van der Waals surface area contributed by atoms with Gasteiger partial charge in [-0.3, -0.25) is 4.90 Å². The second-order valence-corrected chi connectivity index (χ2v) is 7.49. The smallest absolute Gasteiger partial charge is 0.0580 e. The molecule has 0 spiro atoms. The van der Waals surface area contributed by atoms with Gasteiger partial charge in [0.2, 0.25) is 0 Å². The highest BCUT2D eigenvalue weighted by atomic mass is 16.3. The van der Waals surface area contributed by atoms with E-state index in [-0.39, 0.29) is 6.10 Å². The van der Waals surface area contributed by atoms with Gasteiger partial charge in [0.1, 0.15) is 0 Å². The van der Waals surface area contributed by atoms with Crippen molar-refractivity contribution in [2.75, 3.05) is 13.1 Å². The van der Waals surface area contributed by atoms with Crippen LogP contribution in [0.5, 0.6) is 0 Å². The lowest BCUT2D eigenvalue weighted by molar-refractivity contribution is -0.00678. The third-order valence-corrected chi connectivity index (χ3v) is 6.03. The SMILES string of the molecule is CC1CCC(O)C(CN2CCCC3CCCCC32)C1. The Labute approximate surface area is 118 Å². The first-order valence-electron chi connectivity index (χ1n) is 8.66. The molecule has 3 aliphatic rings. The van der Waals surface area contributed by atoms with Crippen LogP contribution < -0.4 is 0 Å². The summed E-state index contributed by atoms with van der Waals surface area (Å²) in [5, 5.41) is 10.3. The van der Waals surface area contributed by atoms with Gasteiger partial charge in [0, 0.05) is 12.6 Å². The molecule has 0 aromatic rings. The van der Waals surface area contributed by atoms with Gasteiger partial charge in [0.05, 0.1) is 6.10 Å². The first kappa shape index (κ1) is 13.9. The topological polar surface area (TPSA) is 23.5 Å². The molecule has 0 amide bonds. The summed E-state index contributed by atoms with van der Waals surface area (Å²) < 4.78 is 0. The molecule has 2 nitrogen and oxygen atoms in total. The second kappa shape index (κ2) is 6.13. The normalized spacial score (nSPS) is 44.8. The molecule has 0 bridgehead atoms. The lowest BCUT2D eigenvalue weighted by Crippen LogP contribution is -2.50. The van der Waals surface area contributed by atoms with E-state index in [0.29, 0.717) is 5.92 Å². The van der Waals surface area contributed by atoms with Crippen molar-refractivity contribution < 1.29 is 5.11 Å². The van der Waals surface area contributed by atoms with Crippen molar-refractivity contribution in [2.24, 2.45) is 17.8 Å². The quantitative estimate of drug-likeness (QED) is 0.827. The fourth-order valence-electron chi connectivity index (χ4n) is 4.93. The second-order valence-electron chi connectivity index (χ2n) is 7.49. The summed E-state index contributed by atoms with van der Waals surface area (Å²) in [6, 6.07) is 0.854. The number of piperidine rings is 1. The van der Waals surface area contributed by atoms with E-state index in [1.165, 1.54) is 64.5 Å². The molecule has 1 saturated heterocycles. The number of nitrogens with zero attached hydrogens (tertiary/aromatic N) is 1. The molecule has 0 aromatic carbocycles. The largest absolute Gasteiger partial charge is 0.393 e. The van der Waals surface area contributed by atoms with E-state index in [1.807, 2.05) is 0 Å². The van der Waals surface area contributed by atoms with Crippen molar-refractivity contribution in [1.29, 1.82) is 0 Å². The summed E-state index contributed by atoms with van der Waals surface area (Å²) in [5.41, 5.74) is 0. The third kappa shape index (κ3) is 3.16. The zero-order valence-corrected chi connectivity index (χ0v) is 12.6. The molecule has 1 heterocycles. The Morgan fingerprint density at radius 3 is 2.68 bits per heavy atom. The predicted molar refractivity (Wildman–Crippen MR) is 79.1 cm³/mol. The Kier molecular flexibility index (Phi) is 4.48. The van der Waals surface area contributed by atoms with Crippen LogP contribution in [0, 0.1) is 17.8 Å². The van der Waals surface area contributed by atoms with Crippen molar-refractivity contribution in [3.8, 4) is 0 Å². The van der Waals surface area contributed by atoms with E-state index in [2.05, 4.69) is 11.8 Å². The van der Waals surface area contributed by atoms with Crippen molar-refractivity contribution in [3.05, 3.63) is 0 Å². The minimum absolute atomic E-state index is 0.0276. The molecule has 3 fully saturated rings. The lowest BCUT2D eigenvalue weighted by atomic mass is 9.76. The molecule has 19 heavy (non-hydrogen) atoms. The number of fused-ring (bicyclic) bond motifs is 1. The maximum absolute atomic E-state index is 10.3. The summed E-state index contributed by atoms with van der Waals surface area (Å²) in [4.78, 5) is 2.76. The molecule has 3 rings (SSSR count). The van der Waals surface area contributed by atoms with Crippen molar-refractivity contribution in [2.45, 2.75) is 76.9 Å². The van der Waals surface area contributed by atoms with Gasteiger partial charge in [-0.2, -0.15) is 0 Å². The molecule has 2 heteroatoms. The lowest BCUT2D eigenvalue weighted by Gasteiger charge is -2.46. The minimum Gasteiger partial charge on any atom is -0.393 e. The molecule has 0 radical (unpaired) electrons. The van der Waals surface area contributed by atoms with Crippen LogP contribution in [-0.2, 0) is 0 Å². The number of likely N-dealkylation sites (tertiary alicyclic amines) is 1. The maximum Gasteiger partial charge on any atom is 0.0580 e. The monoisotopic (exact) mass is 265 g/mol. The Morgan fingerprint density at radius 1 is 1.00 bits per heavy atom. The van der Waals surface area contributed by atoms with Gasteiger partial charge in [0.25, 0.3) is 0 Å². The van der Waals surface area contributed by atoms with Gasteiger partial charge in [-0.15, -0.1) is 0 Å². The number of rotatable bonds is 2. The Hall–Kier alpha value is -0.0800. The average molecular weight is 265 g/mol. The molecule has 1 aliphatic heterocycles. The molecule has 0 aromatic heterocycles. The summed E-state index contributed by atoms with van der Waals surface area (Å²) in [7, 11) is 0. The highest BCUT2D eigenvalue weighted by molar-refractivity contribution is 4.90. The van der Waals surface area contributed by atoms with E-state index in [1.54, 1.807) is 0 Å². The van der Waals surface area contributed by atoms with Crippen LogP contribution in [0.25, 0.3) is 0 Å². The first-order chi connectivity index (χ1) is 9.24. The Balaban J connectivity index is 1.61. The van der Waals surface area contributed by atoms with Gasteiger partial charge in [-0.05, 0) is 69.2 Å². The molecule has 5 unspecified atom stereocenters. The van der Waals surface area contributed by atoms with Crippen LogP contribution in [0.3, 0.4) is 0 Å². The summed E-state index contributed by atoms with van der Waals surface area (Å²) in [5.74, 6) is 2.34. The van der Waals surface area contributed by atoms with Crippen LogP contribution in [-0.4, -0.2) is 35.2 Å². The van der Waals surface area contributed by atoms with Crippen molar-refractivity contribution >= 4 is 0 Å². The number of aliphatic hydroxyl groups excluding tert-OH is 1. The molecular formula is C17H31NO. The van der Waals surface area contributed by atoms with E-state index in [4.69, 9.17) is 0 Å². The summed E-state index contributed by atoms with van der Waals surface area (Å²) >= 11 is 0. The first-order valence-corrected chi connectivity index (χ1v) is 8.66. The van der Waals surface area contributed by atoms with Crippen LogP contribution >= 0.6 is 0 Å². The minimum atomic E-state index is -0.0276. The zero-order chi connectivity index (χ0) is 13.2. The molecular weight excluding hydrogens is 234 g/mol. The molecule has 2 saturated carbocycles. The fourth-order valence-corrected chi connectivity index (χ4v) is 4.93. The van der Waals surface area contributed by atoms with Gasteiger partial charge in [-0.25, -0.2) is 0 Å². The van der Waals surface area contributed by atoms with E-state index in [9.17, 15) is 5.11 Å². The fraction of sp³-hybridized carbons (Fsp3) is 1.00. The van der Waals surface area contributed by atoms with Gasteiger partial charge in [0.15, 0.2) is 0 Å². The van der Waals surface area contributed by atoms with E-state index in [0.717, 1.165) is 24.3 Å². The van der Waals surface area contributed by atoms with Crippen molar-refractivity contribution in [1.82, 2.24) is 4.90 Å². The summed E-state index contributed by atoms with van der Waals surface area (Å²) in [6.45, 7) is 4.82. The van der Waals surface area contributed by atoms with Crippen LogP contribution in [0.2, 0.25) is 0 Å². The molecule has 5 atom stereocenters. The molecule has 2 aliphatic carbocycles. The predicted octanol–water partition coefficient (Wildman–Crippen LogP) is 3.44. The molecule has 1 N–H and O–H groups in total. The van der Waals surface area contributed by atoms with Crippen molar-refractivity contribution in [3.63, 3.8) is 0 Å². The van der Waals surface area contributed by atoms with Crippen LogP contribution in [0.1, 0.15) is 64.7 Å². The highest BCUT2D eigenvalue weighted by Crippen LogP contribution is 2.37. The number of hydrogen-bond acceptors (Lipinski definition) is 2. The van der Waals surface area contributed by atoms with Gasteiger partial charge >= 0.3 is 0 Å². The number of aliphatic hydroxyl groups is 1. The standard InChI is InChI=1S/C17H31NO/c1-13-8-9-17(19)15(11-13)12-18-10-4-6-14-5-2-3-7-16(14)18/h13-17,19H,2-12H2,1H3. The third-order valence-electron chi connectivity index (χ3n) is 6.03. The Morgan fingerprint density at radius 2 is 1.79 bits per heavy atom. The van der Waals surface area contributed by atoms with Gasteiger partial charge in [-0.1, -0.05) is 19.8 Å². The average Bonchev–Trinajstić information content (AvgIpc) is 2.43. The number of hydrogen-bond donors (Lipinski definition) is 1.